The summed E-state index contributed by atoms with van der Waals surface area (Å²) in [6.45, 7) is 2.63. The lowest BCUT2D eigenvalue weighted by Gasteiger charge is -1.90. The van der Waals surface area contributed by atoms with Crippen molar-refractivity contribution < 1.29 is 9.53 Å². The number of hydrogen-bond acceptors (Lipinski definition) is 2. The van der Waals surface area contributed by atoms with Crippen LogP contribution in [0.4, 0.5) is 0 Å². The molecule has 1 saturated heterocycles. The van der Waals surface area contributed by atoms with Crippen molar-refractivity contribution in [3.63, 3.8) is 0 Å². The molecule has 1 aliphatic heterocycles. The molecule has 2 nitrogen and oxygen atoms in total. The molecule has 0 aromatic rings. The molecule has 1 heterocycles. The van der Waals surface area contributed by atoms with Crippen molar-refractivity contribution in [1.82, 2.24) is 0 Å². The molecular weight excluding hydrogens is 92.1 g/mol. The monoisotopic (exact) mass is 99.0 g/mol. The number of carbonyl (C=O) groups excluding carboxylic acids is 1. The van der Waals surface area contributed by atoms with Crippen LogP contribution in [0.15, 0.2) is 0 Å². The molecule has 0 spiro atoms. The minimum atomic E-state index is -0.123. The van der Waals surface area contributed by atoms with E-state index in [-0.39, 0.29) is 5.60 Å². The predicted octanol–water partition coefficient (Wildman–Crippen LogP) is 0.275. The fourth-order valence-electron chi connectivity index (χ4n) is 0.378. The van der Waals surface area contributed by atoms with E-state index in [9.17, 15) is 4.79 Å². The fraction of sp³-hybridized carbons (Fsp3) is 0.800. The van der Waals surface area contributed by atoms with Crippen LogP contribution in [0.3, 0.4) is 0 Å². The second-order valence-corrected chi connectivity index (χ2v) is 2.06. The zero-order chi connectivity index (χ0) is 5.33. The Bertz CT molecular complexity index is 84.1. The van der Waals surface area contributed by atoms with Crippen LogP contribution in [0.25, 0.3) is 0 Å². The molecule has 39 valence electrons. The molecule has 1 rings (SSSR count). The highest BCUT2D eigenvalue weighted by Gasteiger charge is 2.38. The lowest BCUT2D eigenvalue weighted by atomic mass is 10.1. The van der Waals surface area contributed by atoms with Gasteiger partial charge in [-0.15, -0.1) is 0 Å². The molecule has 1 radical (unpaired) electrons. The summed E-state index contributed by atoms with van der Waals surface area (Å²) in [5, 5.41) is 0. The minimum Gasteiger partial charge on any atom is -0.369 e. The second kappa shape index (κ2) is 1.30. The van der Waals surface area contributed by atoms with Gasteiger partial charge in [0.05, 0.1) is 12.2 Å². The van der Waals surface area contributed by atoms with E-state index >= 15 is 0 Å². The average Bonchev–Trinajstić information content (AvgIpc) is 2.22. The topological polar surface area (TPSA) is 29.6 Å². The SMILES string of the molecule is CC1(C[C]=O)CO1. The Morgan fingerprint density at radius 3 is 2.71 bits per heavy atom. The number of epoxide rings is 1. The zero-order valence-electron chi connectivity index (χ0n) is 4.23. The highest BCUT2D eigenvalue weighted by Crippen LogP contribution is 2.28. The van der Waals surface area contributed by atoms with Gasteiger partial charge in [0.25, 0.3) is 0 Å². The highest BCUT2D eigenvalue weighted by atomic mass is 16.6. The molecule has 0 aromatic carbocycles. The standard InChI is InChI=1S/C5H7O2/c1-5(2-3-6)4-7-5/h2,4H2,1H3. The van der Waals surface area contributed by atoms with Crippen LogP contribution < -0.4 is 0 Å². The van der Waals surface area contributed by atoms with Crippen LogP contribution in [-0.2, 0) is 9.53 Å². The molecule has 0 aliphatic carbocycles. The van der Waals surface area contributed by atoms with Crippen LogP contribution in [-0.4, -0.2) is 18.5 Å². The third kappa shape index (κ3) is 0.996. The first-order valence-corrected chi connectivity index (χ1v) is 2.26. The number of rotatable bonds is 2. The van der Waals surface area contributed by atoms with Gasteiger partial charge in [0, 0.05) is 6.42 Å². The van der Waals surface area contributed by atoms with Crippen molar-refractivity contribution in [2.45, 2.75) is 18.9 Å². The Kier molecular flexibility index (Phi) is 0.889. The fourth-order valence-corrected chi connectivity index (χ4v) is 0.378. The van der Waals surface area contributed by atoms with E-state index in [4.69, 9.17) is 4.74 Å². The summed E-state index contributed by atoms with van der Waals surface area (Å²) in [6, 6.07) is 0. The maximum Gasteiger partial charge on any atom is 0.201 e. The van der Waals surface area contributed by atoms with Gasteiger partial charge in [-0.1, -0.05) is 0 Å². The zero-order valence-corrected chi connectivity index (χ0v) is 4.23. The third-order valence-electron chi connectivity index (χ3n) is 1.08. The molecule has 1 fully saturated rings. The molecule has 0 N–H and O–H groups in total. The molecule has 0 bridgehead atoms. The molecule has 1 unspecified atom stereocenters. The maximum atomic E-state index is 9.66. The first-order valence-electron chi connectivity index (χ1n) is 2.26. The van der Waals surface area contributed by atoms with Crippen LogP contribution in [0.1, 0.15) is 13.3 Å². The van der Waals surface area contributed by atoms with E-state index < -0.39 is 0 Å². The van der Waals surface area contributed by atoms with Crippen molar-refractivity contribution in [2.75, 3.05) is 6.61 Å². The summed E-state index contributed by atoms with van der Waals surface area (Å²) in [4.78, 5) is 9.66. The molecule has 0 aromatic heterocycles. The molecule has 2 heteroatoms. The lowest BCUT2D eigenvalue weighted by Crippen LogP contribution is -2.03. The maximum absolute atomic E-state index is 9.66. The van der Waals surface area contributed by atoms with E-state index in [1.165, 1.54) is 0 Å². The molecule has 0 amide bonds. The van der Waals surface area contributed by atoms with E-state index in [2.05, 4.69) is 0 Å². The number of ether oxygens (including phenoxy) is 1. The predicted molar refractivity (Wildman–Crippen MR) is 24.7 cm³/mol. The van der Waals surface area contributed by atoms with Gasteiger partial charge in [-0.05, 0) is 6.92 Å². The van der Waals surface area contributed by atoms with Gasteiger partial charge in [-0.2, -0.15) is 0 Å². The van der Waals surface area contributed by atoms with Crippen LogP contribution in [0.2, 0.25) is 0 Å². The molecule has 7 heavy (non-hydrogen) atoms. The summed E-state index contributed by atoms with van der Waals surface area (Å²) in [5.41, 5.74) is -0.123. The first-order chi connectivity index (χ1) is 3.27. The molecular formula is C5H7O2. The van der Waals surface area contributed by atoms with Crippen molar-refractivity contribution in [1.29, 1.82) is 0 Å². The third-order valence-corrected chi connectivity index (χ3v) is 1.08. The highest BCUT2D eigenvalue weighted by molar-refractivity contribution is 5.53. The normalized spacial score (nSPS) is 37.9. The first kappa shape index (κ1) is 4.78. The summed E-state index contributed by atoms with van der Waals surface area (Å²) in [5.74, 6) is 0. The van der Waals surface area contributed by atoms with Gasteiger partial charge < -0.3 is 4.74 Å². The van der Waals surface area contributed by atoms with Gasteiger partial charge in [-0.3, -0.25) is 4.79 Å². The Hall–Kier alpha value is -0.370. The van der Waals surface area contributed by atoms with Gasteiger partial charge in [0.1, 0.15) is 0 Å². The van der Waals surface area contributed by atoms with Crippen LogP contribution in [0.5, 0.6) is 0 Å². The van der Waals surface area contributed by atoms with Gasteiger partial charge in [0.2, 0.25) is 6.29 Å². The second-order valence-electron chi connectivity index (χ2n) is 2.06. The minimum absolute atomic E-state index is 0.123. The van der Waals surface area contributed by atoms with Crippen molar-refractivity contribution in [3.8, 4) is 0 Å². The molecule has 1 atom stereocenters. The summed E-state index contributed by atoms with van der Waals surface area (Å²) in [6.07, 6.45) is 2.22. The summed E-state index contributed by atoms with van der Waals surface area (Å²) >= 11 is 0. The van der Waals surface area contributed by atoms with Crippen LogP contribution in [0, 0.1) is 0 Å². The smallest absolute Gasteiger partial charge is 0.201 e. The lowest BCUT2D eigenvalue weighted by molar-refractivity contribution is 0.328. The van der Waals surface area contributed by atoms with Crippen molar-refractivity contribution >= 4 is 6.29 Å². The van der Waals surface area contributed by atoms with E-state index in [0.717, 1.165) is 6.61 Å². The van der Waals surface area contributed by atoms with E-state index in [1.807, 2.05) is 6.92 Å². The summed E-state index contributed by atoms with van der Waals surface area (Å²) in [7, 11) is 0. The van der Waals surface area contributed by atoms with E-state index in [0.29, 0.717) is 6.42 Å². The van der Waals surface area contributed by atoms with Crippen LogP contribution >= 0.6 is 0 Å². The summed E-state index contributed by atoms with van der Waals surface area (Å²) < 4.78 is 4.87. The van der Waals surface area contributed by atoms with Gasteiger partial charge in [-0.25, -0.2) is 0 Å². The van der Waals surface area contributed by atoms with Crippen molar-refractivity contribution in [3.05, 3.63) is 0 Å². The molecule has 0 saturated carbocycles. The Morgan fingerprint density at radius 1 is 2.00 bits per heavy atom. The van der Waals surface area contributed by atoms with Gasteiger partial charge in [0.15, 0.2) is 0 Å². The van der Waals surface area contributed by atoms with Crippen molar-refractivity contribution in [2.24, 2.45) is 0 Å². The largest absolute Gasteiger partial charge is 0.369 e. The Labute approximate surface area is 42.5 Å². The van der Waals surface area contributed by atoms with Gasteiger partial charge >= 0.3 is 0 Å². The molecule has 1 aliphatic rings. The Morgan fingerprint density at radius 2 is 2.57 bits per heavy atom. The average molecular weight is 99.1 g/mol. The Balaban J connectivity index is 2.25. The quantitative estimate of drug-likeness (QED) is 0.465. The number of hydrogen-bond donors (Lipinski definition) is 0. The van der Waals surface area contributed by atoms with E-state index in [1.54, 1.807) is 6.29 Å².